The van der Waals surface area contributed by atoms with Crippen LogP contribution in [0.2, 0.25) is 29.7 Å². The fourth-order valence-electron chi connectivity index (χ4n) is 3.52. The summed E-state index contributed by atoms with van der Waals surface area (Å²) in [5.74, 6) is 0. The van der Waals surface area contributed by atoms with Crippen LogP contribution in [0.3, 0.4) is 0 Å². The highest BCUT2D eigenvalue weighted by Crippen LogP contribution is 2.55. The van der Waals surface area contributed by atoms with Crippen molar-refractivity contribution >= 4 is 21.6 Å². The summed E-state index contributed by atoms with van der Waals surface area (Å²) >= 11 is 0. The van der Waals surface area contributed by atoms with Gasteiger partial charge in [0.05, 0.1) is 7.59 Å². The highest BCUT2D eigenvalue weighted by Gasteiger charge is 2.59. The lowest BCUT2D eigenvalue weighted by molar-refractivity contribution is 0.474. The average molecular weight is 301 g/mol. The summed E-state index contributed by atoms with van der Waals surface area (Å²) < 4.78 is 5.14. The van der Waals surface area contributed by atoms with E-state index in [0.29, 0.717) is 10.1 Å². The summed E-state index contributed by atoms with van der Waals surface area (Å²) in [6.07, 6.45) is 2.16. The molecular formula is C15H36N2Si2. The zero-order valence-electron chi connectivity index (χ0n) is 15.2. The van der Waals surface area contributed by atoms with E-state index in [4.69, 9.17) is 4.66 Å². The van der Waals surface area contributed by atoms with Crippen molar-refractivity contribution in [1.82, 2.24) is 4.90 Å². The van der Waals surface area contributed by atoms with Crippen molar-refractivity contribution in [2.24, 2.45) is 4.66 Å². The highest BCUT2D eigenvalue weighted by atomic mass is 29.3. The average Bonchev–Trinajstić information content (AvgIpc) is 2.11. The predicted octanol–water partition coefficient (Wildman–Crippen LogP) is 4.58. The Labute approximate surface area is 123 Å². The molecule has 0 spiro atoms. The summed E-state index contributed by atoms with van der Waals surface area (Å²) in [4.78, 5) is 2.18. The Morgan fingerprint density at radius 3 is 1.53 bits per heavy atom. The predicted molar refractivity (Wildman–Crippen MR) is 95.6 cm³/mol. The van der Waals surface area contributed by atoms with Crippen LogP contribution < -0.4 is 0 Å². The van der Waals surface area contributed by atoms with Gasteiger partial charge in [0.2, 0.25) is 0 Å². The molecule has 0 rings (SSSR count). The molecule has 2 nitrogen and oxygen atoms in total. The van der Waals surface area contributed by atoms with Gasteiger partial charge in [-0.15, -0.1) is 0 Å². The molecule has 0 saturated carbocycles. The molecule has 0 N–H and O–H groups in total. The topological polar surface area (TPSA) is 15.6 Å². The molecule has 0 aromatic heterocycles. The lowest BCUT2D eigenvalue weighted by atomic mass is 10.2. The van der Waals surface area contributed by atoms with Crippen molar-refractivity contribution in [2.45, 2.75) is 71.3 Å². The number of hydrogen-bond donors (Lipinski definition) is 0. The maximum Gasteiger partial charge on any atom is 0.164 e. The summed E-state index contributed by atoms with van der Waals surface area (Å²) in [6.45, 7) is 23.1. The van der Waals surface area contributed by atoms with Crippen LogP contribution in [-0.2, 0) is 0 Å². The molecule has 0 aliphatic heterocycles. The third-order valence-electron chi connectivity index (χ3n) is 5.08. The normalized spacial score (nSPS) is 15.6. The Kier molecular flexibility index (Phi) is 5.84. The second kappa shape index (κ2) is 5.82. The number of rotatable bonds is 4. The van der Waals surface area contributed by atoms with E-state index in [1.165, 1.54) is 0 Å². The van der Waals surface area contributed by atoms with E-state index in [1.54, 1.807) is 0 Å². The van der Waals surface area contributed by atoms with E-state index in [9.17, 15) is 0 Å². The van der Waals surface area contributed by atoms with Crippen LogP contribution in [-0.4, -0.2) is 47.1 Å². The fourth-order valence-corrected chi connectivity index (χ4v) is 22.3. The van der Waals surface area contributed by atoms with Gasteiger partial charge in [-0.3, -0.25) is 0 Å². The molecule has 0 saturated heterocycles. The number of nitrogens with zero attached hydrogens (tertiary/aromatic N) is 2. The Morgan fingerprint density at radius 1 is 0.895 bits per heavy atom. The molecule has 0 aromatic rings. The van der Waals surface area contributed by atoms with Crippen molar-refractivity contribution in [3.05, 3.63) is 0 Å². The first-order valence-corrected chi connectivity index (χ1v) is 13.8. The third-order valence-corrected chi connectivity index (χ3v) is 26.6. The molecule has 0 atom stereocenters. The van der Waals surface area contributed by atoms with Gasteiger partial charge >= 0.3 is 0 Å². The van der Waals surface area contributed by atoms with Gasteiger partial charge in [-0.2, -0.15) is 0 Å². The van der Waals surface area contributed by atoms with Gasteiger partial charge < -0.3 is 9.56 Å². The molecule has 4 heteroatoms. The Balaban J connectivity index is 5.58. The molecule has 0 amide bonds. The Bertz CT molecular complexity index is 306. The summed E-state index contributed by atoms with van der Waals surface area (Å²) in [6, 6.07) is 0. The largest absolute Gasteiger partial charge is 0.335 e. The molecule has 19 heavy (non-hydrogen) atoms. The van der Waals surface area contributed by atoms with E-state index in [-0.39, 0.29) is 0 Å². The van der Waals surface area contributed by atoms with Crippen LogP contribution in [0.1, 0.15) is 41.5 Å². The second-order valence-electron chi connectivity index (χ2n) is 8.76. The zero-order valence-corrected chi connectivity index (χ0v) is 17.2. The molecule has 0 aliphatic rings. The first kappa shape index (κ1) is 19.1. The maximum absolute atomic E-state index is 5.14. The molecule has 0 fully saturated rings. The maximum atomic E-state index is 5.14. The van der Waals surface area contributed by atoms with Crippen LogP contribution in [0.25, 0.3) is 0 Å². The quantitative estimate of drug-likeness (QED) is 0.548. The first-order chi connectivity index (χ1) is 8.17. The summed E-state index contributed by atoms with van der Waals surface area (Å²) in [5, 5.41) is 0.771. The summed E-state index contributed by atoms with van der Waals surface area (Å²) in [5.41, 5.74) is 0. The molecule has 0 aliphatic carbocycles. The SMILES string of the molecule is CN(C)C/C=N/[Si](C)(C)[Si](C)(C(C)(C)C)C(C)(C)C. The second-order valence-corrected chi connectivity index (χ2v) is 24.1. The molecular weight excluding hydrogens is 264 g/mol. The van der Waals surface area contributed by atoms with Crippen LogP contribution >= 0.6 is 0 Å². The first-order valence-electron chi connectivity index (χ1n) is 7.35. The van der Waals surface area contributed by atoms with Gasteiger partial charge in [-0.25, -0.2) is 0 Å². The van der Waals surface area contributed by atoms with Crippen molar-refractivity contribution < 1.29 is 0 Å². The minimum atomic E-state index is -1.61. The van der Waals surface area contributed by atoms with Crippen molar-refractivity contribution in [2.75, 3.05) is 20.6 Å². The smallest absolute Gasteiger partial charge is 0.164 e. The monoisotopic (exact) mass is 300 g/mol. The van der Waals surface area contributed by atoms with E-state index >= 15 is 0 Å². The van der Waals surface area contributed by atoms with Gasteiger partial charge in [0, 0.05) is 12.8 Å². The highest BCUT2D eigenvalue weighted by molar-refractivity contribution is 7.42. The molecule has 0 heterocycles. The molecule has 0 bridgehead atoms. The Hall–Kier alpha value is 0.0638. The van der Waals surface area contributed by atoms with Gasteiger partial charge in [-0.1, -0.05) is 61.2 Å². The third kappa shape index (κ3) is 4.02. The van der Waals surface area contributed by atoms with Crippen LogP contribution in [0.5, 0.6) is 0 Å². The van der Waals surface area contributed by atoms with Gasteiger partial charge in [0.25, 0.3) is 0 Å². The van der Waals surface area contributed by atoms with E-state index in [0.717, 1.165) is 6.54 Å². The summed E-state index contributed by atoms with van der Waals surface area (Å²) in [7, 11) is 1.06. The molecule has 0 aromatic carbocycles. The minimum absolute atomic E-state index is 0.385. The van der Waals surface area contributed by atoms with E-state index < -0.39 is 15.3 Å². The van der Waals surface area contributed by atoms with Gasteiger partial charge in [-0.05, 0) is 24.2 Å². The van der Waals surface area contributed by atoms with Gasteiger partial charge in [0.1, 0.15) is 0 Å². The minimum Gasteiger partial charge on any atom is -0.335 e. The molecule has 0 unspecified atom stereocenters. The van der Waals surface area contributed by atoms with E-state index in [2.05, 4.69) is 86.4 Å². The van der Waals surface area contributed by atoms with E-state index in [1.807, 2.05) is 0 Å². The van der Waals surface area contributed by atoms with Crippen molar-refractivity contribution in [3.8, 4) is 0 Å². The lowest BCUT2D eigenvalue weighted by Gasteiger charge is -2.55. The van der Waals surface area contributed by atoms with Gasteiger partial charge in [0.15, 0.2) is 7.75 Å². The van der Waals surface area contributed by atoms with Crippen LogP contribution in [0, 0.1) is 0 Å². The standard InChI is InChI=1S/C15H36N2Si2/c1-14(2,3)19(11,15(4,5)6)18(9,10)16-12-13-17(7)8/h12H,13H2,1-11H3/b16-12+. The Morgan fingerprint density at radius 2 is 1.26 bits per heavy atom. The molecule has 114 valence electrons. The fraction of sp³-hybridized carbons (Fsp3) is 0.933. The number of hydrogen-bond acceptors (Lipinski definition) is 2. The lowest BCUT2D eigenvalue weighted by Crippen LogP contribution is -2.66. The van der Waals surface area contributed by atoms with Crippen molar-refractivity contribution in [3.63, 3.8) is 0 Å². The molecule has 0 radical (unpaired) electrons. The zero-order chi connectivity index (χ0) is 15.7. The van der Waals surface area contributed by atoms with Crippen molar-refractivity contribution in [1.29, 1.82) is 0 Å². The van der Waals surface area contributed by atoms with Crippen LogP contribution in [0.4, 0.5) is 0 Å². The van der Waals surface area contributed by atoms with Crippen LogP contribution in [0.15, 0.2) is 4.66 Å².